The third-order valence-corrected chi connectivity index (χ3v) is 15.0. The van der Waals surface area contributed by atoms with E-state index in [4.69, 9.17) is 0 Å². The van der Waals surface area contributed by atoms with Gasteiger partial charge in [-0.15, -0.1) is 0 Å². The molecule has 6 nitrogen and oxygen atoms in total. The molecule has 13 aromatic rings. The summed E-state index contributed by atoms with van der Waals surface area (Å²) in [5.41, 5.74) is 10.5. The van der Waals surface area contributed by atoms with Crippen molar-refractivity contribution in [1.82, 2.24) is 18.3 Å². The van der Waals surface area contributed by atoms with E-state index in [9.17, 15) is 10.5 Å². The van der Waals surface area contributed by atoms with Crippen LogP contribution < -0.4 is 0 Å². The maximum atomic E-state index is 12.2. The van der Waals surface area contributed by atoms with Gasteiger partial charge in [-0.1, -0.05) is 137 Å². The molecule has 66 heavy (non-hydrogen) atoms. The van der Waals surface area contributed by atoms with Gasteiger partial charge in [0.1, 0.15) is 23.3 Å². The largest absolute Gasteiger partial charge is 0.306 e. The Morgan fingerprint density at radius 1 is 0.273 bits per heavy atom. The van der Waals surface area contributed by atoms with E-state index in [-0.39, 0.29) is 0 Å². The lowest BCUT2D eigenvalue weighted by Crippen LogP contribution is -2.16. The second-order valence-corrected chi connectivity index (χ2v) is 20.1. The fraction of sp³-hybridized carbons (Fsp3) is 0. The molecule has 0 radical (unpaired) electrons. The van der Waals surface area contributed by atoms with Crippen LogP contribution in [-0.4, -0.2) is 18.3 Å². The monoisotopic (exact) mass is 1100 g/mol. The van der Waals surface area contributed by atoms with Crippen LogP contribution in [0.25, 0.3) is 110 Å². The molecule has 0 aliphatic rings. The van der Waals surface area contributed by atoms with E-state index >= 15 is 0 Å². The van der Waals surface area contributed by atoms with Gasteiger partial charge in [0.25, 0.3) is 0 Å². The zero-order valence-corrected chi connectivity index (χ0v) is 40.7. The molecule has 13 rings (SSSR count). The first-order valence-corrected chi connectivity index (χ1v) is 24.3. The SMILES string of the molecule is N#Cc1c(-n2c3ccccc3c3cc(Br)ccc32)c(C#N)c(-n2c3ccccc3c3cc(Br)ccc32)c(-n2c3ccccc3c3cc(Br)ccc32)c1-n1c2ccccc2c2cc(Br)ccc21. The second kappa shape index (κ2) is 14.8. The van der Waals surface area contributed by atoms with Crippen molar-refractivity contribution in [3.8, 4) is 34.9 Å². The summed E-state index contributed by atoms with van der Waals surface area (Å²) in [4.78, 5) is 0. The van der Waals surface area contributed by atoms with Crippen LogP contribution in [0.5, 0.6) is 0 Å². The van der Waals surface area contributed by atoms with Crippen molar-refractivity contribution >= 4 is 151 Å². The summed E-state index contributed by atoms with van der Waals surface area (Å²) in [7, 11) is 0. The van der Waals surface area contributed by atoms with Crippen molar-refractivity contribution in [3.05, 3.63) is 199 Å². The molecule has 10 heteroatoms. The van der Waals surface area contributed by atoms with Crippen LogP contribution >= 0.6 is 63.7 Å². The van der Waals surface area contributed by atoms with E-state index in [1.807, 2.05) is 18.2 Å². The molecule has 0 bridgehead atoms. The molecule has 0 aliphatic heterocycles. The molecule has 0 fully saturated rings. The van der Waals surface area contributed by atoms with E-state index in [0.29, 0.717) is 33.9 Å². The zero-order valence-electron chi connectivity index (χ0n) is 34.4. The summed E-state index contributed by atoms with van der Waals surface area (Å²) in [6.07, 6.45) is 0. The molecule has 4 heterocycles. The Kier molecular flexibility index (Phi) is 8.84. The number of rotatable bonds is 4. The van der Waals surface area contributed by atoms with Gasteiger partial charge in [-0.2, -0.15) is 10.5 Å². The van der Waals surface area contributed by atoms with Crippen LogP contribution in [0.4, 0.5) is 0 Å². The molecule has 0 N–H and O–H groups in total. The highest BCUT2D eigenvalue weighted by Crippen LogP contribution is 2.49. The van der Waals surface area contributed by atoms with Crippen molar-refractivity contribution in [3.63, 3.8) is 0 Å². The summed E-state index contributed by atoms with van der Waals surface area (Å²) in [6, 6.07) is 64.3. The van der Waals surface area contributed by atoms with Gasteiger partial charge in [0.05, 0.1) is 66.9 Å². The molecule has 0 amide bonds. The van der Waals surface area contributed by atoms with Gasteiger partial charge in [0, 0.05) is 61.0 Å². The topological polar surface area (TPSA) is 67.3 Å². The minimum atomic E-state index is 0.355. The van der Waals surface area contributed by atoms with Crippen molar-refractivity contribution in [2.24, 2.45) is 0 Å². The van der Waals surface area contributed by atoms with Crippen molar-refractivity contribution in [1.29, 1.82) is 10.5 Å². The standard InChI is InChI=1S/C56H28Br4N6/c57-31-17-21-49-39(25-31)35-9-1-5-13-45(35)63(49)53-43(29-61)54(64-46-14-6-2-10-36(46)40-26-32(58)18-22-50(40)64)56(66-48-16-8-4-12-38(48)42-28-34(60)20-24-52(42)66)55(44(53)30-62)65-47-15-7-3-11-37(47)41-27-33(59)19-23-51(41)65/h1-28H. The Bertz CT molecular complexity index is 4220. The highest BCUT2D eigenvalue weighted by Gasteiger charge is 2.34. The second-order valence-electron chi connectivity index (χ2n) is 16.4. The lowest BCUT2D eigenvalue weighted by atomic mass is 9.98. The smallest absolute Gasteiger partial charge is 0.104 e. The van der Waals surface area contributed by atoms with Crippen LogP contribution in [0, 0.1) is 22.7 Å². The third kappa shape index (κ3) is 5.47. The highest BCUT2D eigenvalue weighted by molar-refractivity contribution is 9.11. The number of benzene rings is 9. The minimum absolute atomic E-state index is 0.355. The molecule has 0 spiro atoms. The van der Waals surface area contributed by atoms with E-state index in [1.54, 1.807) is 0 Å². The fourth-order valence-electron chi connectivity index (χ4n) is 10.5. The van der Waals surface area contributed by atoms with E-state index in [1.165, 1.54) is 0 Å². The first kappa shape index (κ1) is 39.4. The van der Waals surface area contributed by atoms with Crippen LogP contribution in [0.3, 0.4) is 0 Å². The number of nitriles is 2. The first-order valence-electron chi connectivity index (χ1n) is 21.1. The normalized spacial score (nSPS) is 11.9. The maximum Gasteiger partial charge on any atom is 0.104 e. The Labute approximate surface area is 410 Å². The zero-order chi connectivity index (χ0) is 44.5. The van der Waals surface area contributed by atoms with Gasteiger partial charge in [-0.3, -0.25) is 0 Å². The molecule has 0 unspecified atom stereocenters. The summed E-state index contributed by atoms with van der Waals surface area (Å²) >= 11 is 15.2. The number of para-hydroxylation sites is 4. The Balaban J connectivity index is 1.40. The van der Waals surface area contributed by atoms with Crippen LogP contribution in [-0.2, 0) is 0 Å². The number of hydrogen-bond donors (Lipinski definition) is 0. The number of halogens is 4. The molecular weight excluding hydrogens is 1080 g/mol. The van der Waals surface area contributed by atoms with Crippen LogP contribution in [0.1, 0.15) is 11.1 Å². The lowest BCUT2D eigenvalue weighted by molar-refractivity contribution is 1.02. The summed E-state index contributed by atoms with van der Waals surface area (Å²) in [5.74, 6) is 0. The molecule has 9 aromatic carbocycles. The van der Waals surface area contributed by atoms with Gasteiger partial charge < -0.3 is 18.3 Å². The third-order valence-electron chi connectivity index (χ3n) is 13.1. The van der Waals surface area contributed by atoms with E-state index < -0.39 is 0 Å². The van der Waals surface area contributed by atoms with Gasteiger partial charge in [-0.25, -0.2) is 0 Å². The number of fused-ring (bicyclic) bond motifs is 12. The Hall–Kier alpha value is -6.92. The fourth-order valence-corrected chi connectivity index (χ4v) is 12.0. The summed E-state index contributed by atoms with van der Waals surface area (Å²) in [6.45, 7) is 0. The number of hydrogen-bond acceptors (Lipinski definition) is 2. The molecule has 0 aliphatic carbocycles. The predicted molar refractivity (Wildman–Crippen MR) is 284 cm³/mol. The lowest BCUT2D eigenvalue weighted by Gasteiger charge is -2.27. The average molecular weight is 1100 g/mol. The van der Waals surface area contributed by atoms with E-state index in [0.717, 1.165) is 105 Å². The number of nitrogens with zero attached hydrogens (tertiary/aromatic N) is 6. The Morgan fingerprint density at radius 2 is 0.515 bits per heavy atom. The minimum Gasteiger partial charge on any atom is -0.306 e. The number of aromatic nitrogens is 4. The maximum absolute atomic E-state index is 12.2. The van der Waals surface area contributed by atoms with Crippen molar-refractivity contribution < 1.29 is 0 Å². The van der Waals surface area contributed by atoms with Crippen LogP contribution in [0.2, 0.25) is 0 Å². The molecular formula is C56H28Br4N6. The molecule has 0 atom stereocenters. The van der Waals surface area contributed by atoms with Gasteiger partial charge in [0.2, 0.25) is 0 Å². The average Bonchev–Trinajstić information content (AvgIpc) is 4.05. The summed E-state index contributed by atoms with van der Waals surface area (Å²) < 4.78 is 12.7. The van der Waals surface area contributed by atoms with Gasteiger partial charge >= 0.3 is 0 Å². The van der Waals surface area contributed by atoms with Gasteiger partial charge in [0.15, 0.2) is 0 Å². The molecule has 310 valence electrons. The van der Waals surface area contributed by atoms with Crippen molar-refractivity contribution in [2.45, 2.75) is 0 Å². The van der Waals surface area contributed by atoms with Gasteiger partial charge in [-0.05, 0) is 97.1 Å². The van der Waals surface area contributed by atoms with Crippen molar-refractivity contribution in [2.75, 3.05) is 0 Å². The molecule has 4 aromatic heterocycles. The predicted octanol–water partition coefficient (Wildman–Crippen LogP) is 16.9. The quantitative estimate of drug-likeness (QED) is 0.176. The van der Waals surface area contributed by atoms with E-state index in [2.05, 4.69) is 246 Å². The van der Waals surface area contributed by atoms with Crippen LogP contribution in [0.15, 0.2) is 188 Å². The first-order chi connectivity index (χ1) is 32.3. The summed E-state index contributed by atoms with van der Waals surface area (Å²) in [5, 5.41) is 32.7. The Morgan fingerprint density at radius 3 is 0.803 bits per heavy atom. The molecule has 0 saturated heterocycles. The highest BCUT2D eigenvalue weighted by atomic mass is 79.9. The molecule has 0 saturated carbocycles.